The fourth-order valence-corrected chi connectivity index (χ4v) is 5.79. The Morgan fingerprint density at radius 2 is 1.75 bits per heavy atom. The molecule has 32 heavy (non-hydrogen) atoms. The molecule has 2 aliphatic heterocycles. The van der Waals surface area contributed by atoms with Crippen LogP contribution in [-0.4, -0.2) is 29.0 Å². The number of anilines is 1. The van der Waals surface area contributed by atoms with Gasteiger partial charge in [-0.15, -0.1) is 11.8 Å². The fraction of sp³-hybridized carbons (Fsp3) is 0.167. The summed E-state index contributed by atoms with van der Waals surface area (Å²) in [6.45, 7) is 0.257. The van der Waals surface area contributed by atoms with E-state index in [1.807, 2.05) is 0 Å². The van der Waals surface area contributed by atoms with E-state index >= 15 is 0 Å². The molecule has 5 rings (SSSR count). The Balaban J connectivity index is 1.61. The van der Waals surface area contributed by atoms with Crippen molar-refractivity contribution in [3.8, 4) is 0 Å². The molecule has 2 aliphatic rings. The molecular weight excluding hydrogens is 437 g/mol. The van der Waals surface area contributed by atoms with Gasteiger partial charge in [0.2, 0.25) is 0 Å². The highest BCUT2D eigenvalue weighted by Crippen LogP contribution is 2.55. The number of benzene rings is 3. The van der Waals surface area contributed by atoms with Gasteiger partial charge in [-0.05, 0) is 48.0 Å². The van der Waals surface area contributed by atoms with Crippen LogP contribution in [0.15, 0.2) is 66.7 Å². The highest BCUT2D eigenvalue weighted by molar-refractivity contribution is 8.01. The summed E-state index contributed by atoms with van der Waals surface area (Å²) in [6.07, 6.45) is 0. The Morgan fingerprint density at radius 3 is 2.53 bits per heavy atom. The molecule has 0 unspecified atom stereocenters. The van der Waals surface area contributed by atoms with Crippen LogP contribution in [0, 0.1) is 17.5 Å². The van der Waals surface area contributed by atoms with Crippen molar-refractivity contribution in [3.05, 3.63) is 101 Å². The van der Waals surface area contributed by atoms with Crippen molar-refractivity contribution in [2.24, 2.45) is 0 Å². The number of rotatable bonds is 3. The van der Waals surface area contributed by atoms with Gasteiger partial charge in [0.25, 0.3) is 11.8 Å². The third-order valence-electron chi connectivity index (χ3n) is 5.73. The second kappa shape index (κ2) is 7.70. The lowest BCUT2D eigenvalue weighted by atomic mass is 10.0. The second-order valence-electron chi connectivity index (χ2n) is 7.61. The molecule has 1 atom stereocenters. The molecule has 3 aromatic carbocycles. The van der Waals surface area contributed by atoms with E-state index in [2.05, 4.69) is 0 Å². The van der Waals surface area contributed by atoms with Crippen molar-refractivity contribution in [2.75, 3.05) is 17.2 Å². The molecule has 0 aliphatic carbocycles. The van der Waals surface area contributed by atoms with Gasteiger partial charge in [-0.25, -0.2) is 13.2 Å². The summed E-state index contributed by atoms with van der Waals surface area (Å²) in [5.41, 5.74) is 1.19. The summed E-state index contributed by atoms with van der Waals surface area (Å²) in [4.78, 5) is 28.4. The zero-order valence-corrected chi connectivity index (χ0v) is 17.5. The average molecular weight is 454 g/mol. The minimum atomic E-state index is -1.51. The molecule has 1 fully saturated rings. The molecule has 4 nitrogen and oxygen atoms in total. The van der Waals surface area contributed by atoms with Gasteiger partial charge in [-0.3, -0.25) is 9.59 Å². The van der Waals surface area contributed by atoms with Crippen LogP contribution in [0.2, 0.25) is 0 Å². The van der Waals surface area contributed by atoms with Gasteiger partial charge >= 0.3 is 0 Å². The summed E-state index contributed by atoms with van der Waals surface area (Å²) in [6, 6.07) is 15.4. The Bertz CT molecular complexity index is 1250. The molecule has 8 heteroatoms. The SMILES string of the molecule is O=C(c1ccccc1F)N1CCS[C@]12C(=O)N(Cc1cccc(F)c1)c1ccc(F)cc12. The Hall–Kier alpha value is -3.26. The minimum absolute atomic E-state index is 0.0548. The van der Waals surface area contributed by atoms with E-state index < -0.39 is 34.1 Å². The second-order valence-corrected chi connectivity index (χ2v) is 8.90. The summed E-state index contributed by atoms with van der Waals surface area (Å²) in [5.74, 6) is -2.32. The van der Waals surface area contributed by atoms with E-state index in [0.717, 1.165) is 0 Å². The van der Waals surface area contributed by atoms with Crippen LogP contribution in [0.25, 0.3) is 0 Å². The van der Waals surface area contributed by atoms with Gasteiger partial charge in [-0.1, -0.05) is 24.3 Å². The number of fused-ring (bicyclic) bond motifs is 2. The molecule has 3 aromatic rings. The molecule has 0 N–H and O–H groups in total. The normalized spacial score (nSPS) is 19.7. The standard InChI is InChI=1S/C24H17F3N2O2S/c25-16-5-3-4-15(12-16)14-28-21-9-8-17(26)13-19(21)24(23(28)31)29(10-11-32-24)22(30)18-6-1-2-7-20(18)27/h1-9,12-13H,10-11,14H2/t24-/m1/s1. The molecule has 2 heterocycles. The highest BCUT2D eigenvalue weighted by Gasteiger charge is 2.59. The summed E-state index contributed by atoms with van der Waals surface area (Å²) in [7, 11) is 0. The number of hydrogen-bond acceptors (Lipinski definition) is 3. The van der Waals surface area contributed by atoms with Crippen molar-refractivity contribution < 1.29 is 22.8 Å². The number of amides is 2. The van der Waals surface area contributed by atoms with Crippen molar-refractivity contribution in [3.63, 3.8) is 0 Å². The van der Waals surface area contributed by atoms with E-state index in [4.69, 9.17) is 0 Å². The molecule has 0 saturated carbocycles. The van der Waals surface area contributed by atoms with Gasteiger partial charge < -0.3 is 9.80 Å². The topological polar surface area (TPSA) is 40.6 Å². The number of carbonyl (C=O) groups excluding carboxylic acids is 2. The zero-order chi connectivity index (χ0) is 22.5. The summed E-state index contributed by atoms with van der Waals surface area (Å²) < 4.78 is 42.4. The minimum Gasteiger partial charge on any atom is -0.311 e. The molecule has 0 radical (unpaired) electrons. The average Bonchev–Trinajstić information content (AvgIpc) is 3.31. The zero-order valence-electron chi connectivity index (χ0n) is 16.7. The van der Waals surface area contributed by atoms with E-state index in [9.17, 15) is 22.8 Å². The van der Waals surface area contributed by atoms with Crippen LogP contribution in [-0.2, 0) is 16.2 Å². The number of hydrogen-bond donors (Lipinski definition) is 0. The van der Waals surface area contributed by atoms with Crippen LogP contribution in [0.4, 0.5) is 18.9 Å². The first-order valence-corrected chi connectivity index (χ1v) is 11.0. The van der Waals surface area contributed by atoms with Crippen LogP contribution >= 0.6 is 11.8 Å². The van der Waals surface area contributed by atoms with Gasteiger partial charge in [0.15, 0.2) is 4.87 Å². The third-order valence-corrected chi connectivity index (χ3v) is 7.15. The molecule has 1 spiro atoms. The Morgan fingerprint density at radius 1 is 0.969 bits per heavy atom. The van der Waals surface area contributed by atoms with E-state index in [-0.39, 0.29) is 18.7 Å². The van der Waals surface area contributed by atoms with Crippen LogP contribution in [0.5, 0.6) is 0 Å². The van der Waals surface area contributed by atoms with E-state index in [1.54, 1.807) is 18.2 Å². The van der Waals surface area contributed by atoms with Crippen LogP contribution in [0.1, 0.15) is 21.5 Å². The summed E-state index contributed by atoms with van der Waals surface area (Å²) in [5, 5.41) is 0. The highest BCUT2D eigenvalue weighted by atomic mass is 32.2. The molecule has 162 valence electrons. The van der Waals surface area contributed by atoms with Gasteiger partial charge in [0, 0.05) is 17.9 Å². The van der Waals surface area contributed by atoms with Crippen molar-refractivity contribution in [1.29, 1.82) is 0 Å². The Kier molecular flexibility index (Phi) is 4.97. The molecule has 0 aromatic heterocycles. The van der Waals surface area contributed by atoms with Crippen LogP contribution < -0.4 is 4.90 Å². The van der Waals surface area contributed by atoms with E-state index in [1.165, 1.54) is 70.1 Å². The van der Waals surface area contributed by atoms with Gasteiger partial charge in [-0.2, -0.15) is 0 Å². The first-order chi connectivity index (χ1) is 15.4. The van der Waals surface area contributed by atoms with Crippen LogP contribution in [0.3, 0.4) is 0 Å². The predicted molar refractivity (Wildman–Crippen MR) is 116 cm³/mol. The number of halogens is 3. The van der Waals surface area contributed by atoms with Crippen molar-refractivity contribution >= 4 is 29.3 Å². The first kappa shape index (κ1) is 20.6. The first-order valence-electron chi connectivity index (χ1n) is 9.99. The molecule has 2 amide bonds. The largest absolute Gasteiger partial charge is 0.311 e. The maximum absolute atomic E-state index is 14.4. The maximum Gasteiger partial charge on any atom is 0.268 e. The van der Waals surface area contributed by atoms with Gasteiger partial charge in [0.1, 0.15) is 17.5 Å². The summed E-state index contributed by atoms with van der Waals surface area (Å²) >= 11 is 1.22. The third kappa shape index (κ3) is 3.09. The molecule has 1 saturated heterocycles. The van der Waals surface area contributed by atoms with Crippen molar-refractivity contribution in [2.45, 2.75) is 11.4 Å². The predicted octanol–water partition coefficient (Wildman–Crippen LogP) is 4.69. The monoisotopic (exact) mass is 454 g/mol. The maximum atomic E-state index is 14.4. The van der Waals surface area contributed by atoms with Crippen molar-refractivity contribution in [1.82, 2.24) is 4.90 Å². The number of carbonyl (C=O) groups is 2. The quantitative estimate of drug-likeness (QED) is 0.577. The fourth-order valence-electron chi connectivity index (χ4n) is 4.34. The molecule has 0 bridgehead atoms. The number of nitrogens with zero attached hydrogens (tertiary/aromatic N) is 2. The lowest BCUT2D eigenvalue weighted by Crippen LogP contribution is -2.50. The Labute approximate surface area is 186 Å². The molecular formula is C24H17F3N2O2S. The lowest BCUT2D eigenvalue weighted by Gasteiger charge is -2.33. The van der Waals surface area contributed by atoms with E-state index in [0.29, 0.717) is 22.6 Å². The lowest BCUT2D eigenvalue weighted by molar-refractivity contribution is -0.123. The number of thioether (sulfide) groups is 1. The van der Waals surface area contributed by atoms with Gasteiger partial charge in [0.05, 0.1) is 17.8 Å². The smallest absolute Gasteiger partial charge is 0.268 e.